The Morgan fingerprint density at radius 3 is 3.12 bits per heavy atom. The fraction of sp³-hybridized carbons (Fsp3) is 0.316. The minimum absolute atomic E-state index is 0.0412. The SMILES string of the molecule is Cc1cccc(N2CCCC(NC(=O)c3ccc4nc[nH]c4c3)C2)n1. The number of hydrogen-bond acceptors (Lipinski definition) is 4. The number of imidazole rings is 1. The number of carbonyl (C=O) groups excluding carboxylic acids is 1. The van der Waals surface area contributed by atoms with Crippen molar-refractivity contribution in [1.29, 1.82) is 0 Å². The summed E-state index contributed by atoms with van der Waals surface area (Å²) in [4.78, 5) is 26.7. The van der Waals surface area contributed by atoms with Crippen molar-refractivity contribution >= 4 is 22.8 Å². The maximum Gasteiger partial charge on any atom is 0.251 e. The molecule has 4 rings (SSSR count). The molecular formula is C19H21N5O. The fourth-order valence-electron chi connectivity index (χ4n) is 3.35. The average Bonchev–Trinajstić information content (AvgIpc) is 3.09. The highest BCUT2D eigenvalue weighted by Gasteiger charge is 2.23. The van der Waals surface area contributed by atoms with E-state index in [4.69, 9.17) is 0 Å². The van der Waals surface area contributed by atoms with Gasteiger partial charge in [0.1, 0.15) is 5.82 Å². The van der Waals surface area contributed by atoms with Crippen molar-refractivity contribution in [3.05, 3.63) is 54.0 Å². The van der Waals surface area contributed by atoms with Gasteiger partial charge in [0, 0.05) is 30.4 Å². The fourth-order valence-corrected chi connectivity index (χ4v) is 3.35. The van der Waals surface area contributed by atoms with Crippen LogP contribution in [0.4, 0.5) is 5.82 Å². The Hall–Kier alpha value is -2.89. The van der Waals surface area contributed by atoms with Crippen LogP contribution in [0.25, 0.3) is 11.0 Å². The van der Waals surface area contributed by atoms with E-state index in [0.29, 0.717) is 5.56 Å². The van der Waals surface area contributed by atoms with Gasteiger partial charge in [-0.25, -0.2) is 9.97 Å². The number of carbonyl (C=O) groups is 1. The van der Waals surface area contributed by atoms with Gasteiger partial charge in [-0.3, -0.25) is 4.79 Å². The number of anilines is 1. The summed E-state index contributed by atoms with van der Waals surface area (Å²) in [5, 5.41) is 3.16. The lowest BCUT2D eigenvalue weighted by molar-refractivity contribution is 0.0933. The van der Waals surface area contributed by atoms with Crippen molar-refractivity contribution in [3.8, 4) is 0 Å². The summed E-state index contributed by atoms with van der Waals surface area (Å²) >= 11 is 0. The van der Waals surface area contributed by atoms with Crippen LogP contribution in [-0.4, -0.2) is 40.0 Å². The Kier molecular flexibility index (Phi) is 4.09. The molecule has 1 aliphatic heterocycles. The third-order valence-electron chi connectivity index (χ3n) is 4.64. The summed E-state index contributed by atoms with van der Waals surface area (Å²) in [7, 11) is 0. The lowest BCUT2D eigenvalue weighted by Crippen LogP contribution is -2.48. The van der Waals surface area contributed by atoms with Crippen molar-refractivity contribution in [2.75, 3.05) is 18.0 Å². The number of nitrogens with one attached hydrogen (secondary N) is 2. The summed E-state index contributed by atoms with van der Waals surface area (Å²) in [6.07, 6.45) is 3.67. The summed E-state index contributed by atoms with van der Waals surface area (Å²) in [6.45, 7) is 3.76. The molecule has 3 heterocycles. The molecule has 3 aromatic rings. The molecule has 0 saturated carbocycles. The molecule has 2 N–H and O–H groups in total. The van der Waals surface area contributed by atoms with Gasteiger partial charge in [0.25, 0.3) is 5.91 Å². The molecule has 2 aromatic heterocycles. The Morgan fingerprint density at radius 2 is 2.24 bits per heavy atom. The molecule has 6 heteroatoms. The van der Waals surface area contributed by atoms with E-state index in [-0.39, 0.29) is 11.9 Å². The topological polar surface area (TPSA) is 73.9 Å². The second-order valence-corrected chi connectivity index (χ2v) is 6.53. The van der Waals surface area contributed by atoms with Crippen LogP contribution >= 0.6 is 0 Å². The molecular weight excluding hydrogens is 314 g/mol. The van der Waals surface area contributed by atoms with Crippen LogP contribution in [0.5, 0.6) is 0 Å². The summed E-state index contributed by atoms with van der Waals surface area (Å²) in [6, 6.07) is 11.7. The molecule has 0 spiro atoms. The number of hydrogen-bond donors (Lipinski definition) is 2. The first-order chi connectivity index (χ1) is 12.2. The number of rotatable bonds is 3. The smallest absolute Gasteiger partial charge is 0.251 e. The zero-order valence-corrected chi connectivity index (χ0v) is 14.2. The molecule has 1 fully saturated rings. The quantitative estimate of drug-likeness (QED) is 0.772. The Balaban J connectivity index is 1.45. The number of aromatic amines is 1. The van der Waals surface area contributed by atoms with Crippen LogP contribution in [-0.2, 0) is 0 Å². The predicted octanol–water partition coefficient (Wildman–Crippen LogP) is 2.67. The van der Waals surface area contributed by atoms with Crippen LogP contribution in [0.1, 0.15) is 28.9 Å². The highest BCUT2D eigenvalue weighted by molar-refractivity contribution is 5.97. The molecule has 1 amide bonds. The van der Waals surface area contributed by atoms with E-state index in [9.17, 15) is 4.79 Å². The number of H-pyrrole nitrogens is 1. The molecule has 0 aliphatic carbocycles. The number of amides is 1. The maximum absolute atomic E-state index is 12.6. The highest BCUT2D eigenvalue weighted by atomic mass is 16.1. The second-order valence-electron chi connectivity index (χ2n) is 6.53. The monoisotopic (exact) mass is 335 g/mol. The van der Waals surface area contributed by atoms with Gasteiger partial charge in [-0.1, -0.05) is 6.07 Å². The van der Waals surface area contributed by atoms with E-state index in [0.717, 1.165) is 48.5 Å². The third kappa shape index (κ3) is 3.33. The minimum atomic E-state index is -0.0412. The number of fused-ring (bicyclic) bond motifs is 1. The first-order valence-electron chi connectivity index (χ1n) is 8.62. The van der Waals surface area contributed by atoms with Crippen LogP contribution in [0, 0.1) is 6.92 Å². The first kappa shape index (κ1) is 15.6. The third-order valence-corrected chi connectivity index (χ3v) is 4.64. The van der Waals surface area contributed by atoms with Crippen LogP contribution in [0.3, 0.4) is 0 Å². The number of aromatic nitrogens is 3. The lowest BCUT2D eigenvalue weighted by atomic mass is 10.0. The average molecular weight is 335 g/mol. The molecule has 1 unspecified atom stereocenters. The lowest BCUT2D eigenvalue weighted by Gasteiger charge is -2.34. The maximum atomic E-state index is 12.6. The normalized spacial score (nSPS) is 17.6. The molecule has 25 heavy (non-hydrogen) atoms. The van der Waals surface area contributed by atoms with Gasteiger partial charge in [-0.2, -0.15) is 0 Å². The second kappa shape index (κ2) is 6.55. The standard InChI is InChI=1S/C19H21N5O/c1-13-4-2-6-18(22-13)24-9-3-5-15(11-24)23-19(25)14-7-8-16-17(10-14)21-12-20-16/h2,4,6-8,10,12,15H,3,5,9,11H2,1H3,(H,20,21)(H,23,25). The minimum Gasteiger partial charge on any atom is -0.355 e. The van der Waals surface area contributed by atoms with E-state index >= 15 is 0 Å². The van der Waals surface area contributed by atoms with E-state index in [1.165, 1.54) is 0 Å². The van der Waals surface area contributed by atoms with E-state index in [1.807, 2.05) is 43.3 Å². The van der Waals surface area contributed by atoms with Gasteiger partial charge in [0.05, 0.1) is 17.4 Å². The largest absolute Gasteiger partial charge is 0.355 e. The number of piperidine rings is 1. The van der Waals surface area contributed by atoms with Gasteiger partial charge in [-0.05, 0) is 50.1 Å². The van der Waals surface area contributed by atoms with E-state index in [1.54, 1.807) is 6.33 Å². The van der Waals surface area contributed by atoms with Crippen molar-refractivity contribution in [2.24, 2.45) is 0 Å². The van der Waals surface area contributed by atoms with Gasteiger partial charge in [-0.15, -0.1) is 0 Å². The molecule has 0 bridgehead atoms. The predicted molar refractivity (Wildman–Crippen MR) is 97.8 cm³/mol. The number of nitrogens with zero attached hydrogens (tertiary/aromatic N) is 3. The van der Waals surface area contributed by atoms with Crippen molar-refractivity contribution in [1.82, 2.24) is 20.3 Å². The van der Waals surface area contributed by atoms with Crippen LogP contribution in [0.2, 0.25) is 0 Å². The molecule has 128 valence electrons. The number of aryl methyl sites for hydroxylation is 1. The zero-order chi connectivity index (χ0) is 17.2. The molecule has 1 aromatic carbocycles. The molecule has 0 radical (unpaired) electrons. The van der Waals surface area contributed by atoms with Gasteiger partial charge in [0.15, 0.2) is 0 Å². The van der Waals surface area contributed by atoms with Crippen molar-refractivity contribution < 1.29 is 4.79 Å². The van der Waals surface area contributed by atoms with Crippen molar-refractivity contribution in [2.45, 2.75) is 25.8 Å². The Labute approximate surface area is 146 Å². The zero-order valence-electron chi connectivity index (χ0n) is 14.2. The summed E-state index contributed by atoms with van der Waals surface area (Å²) < 4.78 is 0. The van der Waals surface area contributed by atoms with Gasteiger partial charge in [0.2, 0.25) is 0 Å². The number of pyridine rings is 1. The van der Waals surface area contributed by atoms with Crippen LogP contribution in [0.15, 0.2) is 42.7 Å². The first-order valence-corrected chi connectivity index (χ1v) is 8.62. The Morgan fingerprint density at radius 1 is 1.32 bits per heavy atom. The van der Waals surface area contributed by atoms with Gasteiger partial charge < -0.3 is 15.2 Å². The molecule has 6 nitrogen and oxygen atoms in total. The molecule has 1 saturated heterocycles. The molecule has 1 atom stereocenters. The van der Waals surface area contributed by atoms with E-state index in [2.05, 4.69) is 25.2 Å². The highest BCUT2D eigenvalue weighted by Crippen LogP contribution is 2.19. The van der Waals surface area contributed by atoms with Crippen molar-refractivity contribution in [3.63, 3.8) is 0 Å². The molecule has 1 aliphatic rings. The van der Waals surface area contributed by atoms with Gasteiger partial charge >= 0.3 is 0 Å². The summed E-state index contributed by atoms with van der Waals surface area (Å²) in [5.41, 5.74) is 3.41. The Bertz CT molecular complexity index is 903. The van der Waals surface area contributed by atoms with E-state index < -0.39 is 0 Å². The summed E-state index contributed by atoms with van der Waals surface area (Å²) in [5.74, 6) is 0.943. The number of benzene rings is 1. The van der Waals surface area contributed by atoms with Crippen LogP contribution < -0.4 is 10.2 Å².